The van der Waals surface area contributed by atoms with E-state index in [2.05, 4.69) is 17.2 Å². The molecule has 0 amide bonds. The van der Waals surface area contributed by atoms with Gasteiger partial charge in [0.2, 0.25) is 0 Å². The Morgan fingerprint density at radius 1 is 1.45 bits per heavy atom. The Labute approximate surface area is 117 Å². The second-order valence-corrected chi connectivity index (χ2v) is 5.11. The molecule has 0 saturated heterocycles. The molecule has 3 rings (SSSR count). The van der Waals surface area contributed by atoms with E-state index in [9.17, 15) is 4.39 Å². The van der Waals surface area contributed by atoms with E-state index in [1.807, 2.05) is 18.3 Å². The van der Waals surface area contributed by atoms with Crippen molar-refractivity contribution in [2.75, 3.05) is 6.54 Å². The third kappa shape index (κ3) is 2.80. The third-order valence-electron chi connectivity index (χ3n) is 3.60. The molecule has 0 bridgehead atoms. The standard InChI is InChI=1S/C16H17FN2O/c1-11(12-3-2-6-18-9-12)19-10-15-8-13-7-14(17)4-5-16(13)20-15/h2-7,9,11,15,19H,8,10H2,1H3/t11-,15?/m1/s1. The Kier molecular flexibility index (Phi) is 3.65. The highest BCUT2D eigenvalue weighted by molar-refractivity contribution is 5.38. The van der Waals surface area contributed by atoms with Gasteiger partial charge in [-0.2, -0.15) is 0 Å². The molecule has 2 atom stereocenters. The summed E-state index contributed by atoms with van der Waals surface area (Å²) in [6, 6.07) is 8.89. The molecule has 4 heteroatoms. The first-order chi connectivity index (χ1) is 9.72. The Morgan fingerprint density at radius 3 is 3.15 bits per heavy atom. The van der Waals surface area contributed by atoms with Crippen molar-refractivity contribution in [3.63, 3.8) is 0 Å². The number of hydrogen-bond acceptors (Lipinski definition) is 3. The summed E-state index contributed by atoms with van der Waals surface area (Å²) in [4.78, 5) is 4.11. The minimum atomic E-state index is -0.204. The molecule has 1 aromatic heterocycles. The minimum absolute atomic E-state index is 0.0610. The maximum Gasteiger partial charge on any atom is 0.123 e. The summed E-state index contributed by atoms with van der Waals surface area (Å²) >= 11 is 0. The number of benzene rings is 1. The second kappa shape index (κ2) is 5.59. The SMILES string of the molecule is C[C@@H](NCC1Cc2cc(F)ccc2O1)c1cccnc1. The molecule has 1 N–H and O–H groups in total. The Balaban J connectivity index is 1.56. The molecule has 20 heavy (non-hydrogen) atoms. The maximum atomic E-state index is 13.1. The number of hydrogen-bond donors (Lipinski definition) is 1. The van der Waals surface area contributed by atoms with Crippen LogP contribution in [0.25, 0.3) is 0 Å². The van der Waals surface area contributed by atoms with Crippen molar-refractivity contribution >= 4 is 0 Å². The lowest BCUT2D eigenvalue weighted by atomic mass is 10.1. The molecule has 0 aliphatic carbocycles. The number of ether oxygens (including phenoxy) is 1. The fourth-order valence-electron chi connectivity index (χ4n) is 2.46. The molecule has 2 heterocycles. The van der Waals surface area contributed by atoms with E-state index in [0.717, 1.165) is 29.8 Å². The predicted octanol–water partition coefficient (Wildman–Crippen LogP) is 2.88. The normalized spacial score (nSPS) is 18.4. The largest absolute Gasteiger partial charge is 0.488 e. The van der Waals surface area contributed by atoms with Gasteiger partial charge in [-0.25, -0.2) is 4.39 Å². The first kappa shape index (κ1) is 13.1. The van der Waals surface area contributed by atoms with Gasteiger partial charge < -0.3 is 10.1 Å². The highest BCUT2D eigenvalue weighted by Gasteiger charge is 2.23. The van der Waals surface area contributed by atoms with Gasteiger partial charge in [-0.1, -0.05) is 6.07 Å². The summed E-state index contributed by atoms with van der Waals surface area (Å²) in [6.07, 6.45) is 4.43. The van der Waals surface area contributed by atoms with Crippen LogP contribution in [-0.2, 0) is 6.42 Å². The lowest BCUT2D eigenvalue weighted by Crippen LogP contribution is -2.31. The van der Waals surface area contributed by atoms with Gasteiger partial charge in [0.15, 0.2) is 0 Å². The van der Waals surface area contributed by atoms with Gasteiger partial charge in [-0.15, -0.1) is 0 Å². The molecule has 0 fully saturated rings. The lowest BCUT2D eigenvalue weighted by molar-refractivity contribution is 0.222. The highest BCUT2D eigenvalue weighted by Crippen LogP contribution is 2.29. The van der Waals surface area contributed by atoms with Gasteiger partial charge in [-0.05, 0) is 36.8 Å². The van der Waals surface area contributed by atoms with E-state index < -0.39 is 0 Å². The van der Waals surface area contributed by atoms with Crippen LogP contribution >= 0.6 is 0 Å². The van der Waals surface area contributed by atoms with Gasteiger partial charge in [0.1, 0.15) is 17.7 Å². The molecule has 0 saturated carbocycles. The number of pyridine rings is 1. The minimum Gasteiger partial charge on any atom is -0.488 e. The molecular weight excluding hydrogens is 255 g/mol. The van der Waals surface area contributed by atoms with Gasteiger partial charge in [-0.3, -0.25) is 4.98 Å². The molecule has 1 aromatic carbocycles. The summed E-state index contributed by atoms with van der Waals surface area (Å²) in [5.41, 5.74) is 2.10. The number of nitrogens with zero attached hydrogens (tertiary/aromatic N) is 1. The first-order valence-electron chi connectivity index (χ1n) is 6.81. The van der Waals surface area contributed by atoms with Gasteiger partial charge >= 0.3 is 0 Å². The van der Waals surface area contributed by atoms with E-state index in [1.54, 1.807) is 18.3 Å². The average Bonchev–Trinajstić information content (AvgIpc) is 2.87. The monoisotopic (exact) mass is 272 g/mol. The van der Waals surface area contributed by atoms with E-state index in [1.165, 1.54) is 6.07 Å². The molecule has 2 aromatic rings. The Morgan fingerprint density at radius 2 is 2.35 bits per heavy atom. The van der Waals surface area contributed by atoms with E-state index in [0.29, 0.717) is 0 Å². The van der Waals surface area contributed by atoms with E-state index >= 15 is 0 Å². The lowest BCUT2D eigenvalue weighted by Gasteiger charge is -2.17. The summed E-state index contributed by atoms with van der Waals surface area (Å²) < 4.78 is 18.9. The molecule has 0 radical (unpaired) electrons. The topological polar surface area (TPSA) is 34.1 Å². The van der Waals surface area contributed by atoms with Gasteiger partial charge in [0.05, 0.1) is 0 Å². The number of rotatable bonds is 4. The van der Waals surface area contributed by atoms with Crippen molar-refractivity contribution in [3.05, 3.63) is 59.7 Å². The Hall–Kier alpha value is -1.94. The fraction of sp³-hybridized carbons (Fsp3) is 0.312. The second-order valence-electron chi connectivity index (χ2n) is 5.11. The van der Waals surface area contributed by atoms with Crippen LogP contribution in [-0.4, -0.2) is 17.6 Å². The molecule has 0 spiro atoms. The van der Waals surface area contributed by atoms with Gasteiger partial charge in [0.25, 0.3) is 0 Å². The van der Waals surface area contributed by atoms with Crippen LogP contribution in [0.2, 0.25) is 0 Å². The summed E-state index contributed by atoms with van der Waals surface area (Å²) in [6.45, 7) is 2.82. The Bertz CT molecular complexity index is 588. The molecular formula is C16H17FN2O. The first-order valence-corrected chi connectivity index (χ1v) is 6.81. The number of aromatic nitrogens is 1. The van der Waals surface area contributed by atoms with Crippen LogP contribution in [0, 0.1) is 5.82 Å². The molecule has 1 aliphatic rings. The fourth-order valence-corrected chi connectivity index (χ4v) is 2.46. The third-order valence-corrected chi connectivity index (χ3v) is 3.60. The van der Waals surface area contributed by atoms with Crippen molar-refractivity contribution in [2.45, 2.75) is 25.5 Å². The molecule has 1 aliphatic heterocycles. The predicted molar refractivity (Wildman–Crippen MR) is 75.2 cm³/mol. The van der Waals surface area contributed by atoms with Crippen molar-refractivity contribution in [2.24, 2.45) is 0 Å². The molecule has 104 valence electrons. The van der Waals surface area contributed by atoms with Crippen molar-refractivity contribution in [1.29, 1.82) is 0 Å². The highest BCUT2D eigenvalue weighted by atomic mass is 19.1. The smallest absolute Gasteiger partial charge is 0.123 e. The van der Waals surface area contributed by atoms with Crippen molar-refractivity contribution in [1.82, 2.24) is 10.3 Å². The number of halogens is 1. The zero-order valence-electron chi connectivity index (χ0n) is 11.3. The van der Waals surface area contributed by atoms with Crippen LogP contribution in [0.15, 0.2) is 42.7 Å². The van der Waals surface area contributed by atoms with Crippen LogP contribution in [0.4, 0.5) is 4.39 Å². The summed E-state index contributed by atoms with van der Waals surface area (Å²) in [7, 11) is 0. The van der Waals surface area contributed by atoms with E-state index in [-0.39, 0.29) is 18.0 Å². The van der Waals surface area contributed by atoms with Gasteiger partial charge in [0, 0.05) is 37.0 Å². The van der Waals surface area contributed by atoms with Crippen LogP contribution in [0.3, 0.4) is 0 Å². The van der Waals surface area contributed by atoms with Crippen LogP contribution < -0.4 is 10.1 Å². The van der Waals surface area contributed by atoms with Crippen molar-refractivity contribution in [3.8, 4) is 5.75 Å². The average molecular weight is 272 g/mol. The molecule has 3 nitrogen and oxygen atoms in total. The quantitative estimate of drug-likeness (QED) is 0.929. The molecule has 1 unspecified atom stereocenters. The number of nitrogens with one attached hydrogen (secondary N) is 1. The maximum absolute atomic E-state index is 13.1. The summed E-state index contributed by atoms with van der Waals surface area (Å²) in [5, 5.41) is 3.43. The number of fused-ring (bicyclic) bond motifs is 1. The zero-order chi connectivity index (χ0) is 13.9. The van der Waals surface area contributed by atoms with Crippen LogP contribution in [0.1, 0.15) is 24.1 Å². The van der Waals surface area contributed by atoms with Crippen molar-refractivity contribution < 1.29 is 9.13 Å². The van der Waals surface area contributed by atoms with Crippen LogP contribution in [0.5, 0.6) is 5.75 Å². The zero-order valence-corrected chi connectivity index (χ0v) is 11.3. The summed E-state index contributed by atoms with van der Waals surface area (Å²) in [5.74, 6) is 0.594. The van der Waals surface area contributed by atoms with E-state index in [4.69, 9.17) is 4.74 Å².